The molecule has 0 radical (unpaired) electrons. The van der Waals surface area contributed by atoms with Crippen molar-refractivity contribution in [1.29, 1.82) is 0 Å². The van der Waals surface area contributed by atoms with Crippen LogP contribution in [0.2, 0.25) is 0 Å². The van der Waals surface area contributed by atoms with Crippen LogP contribution >= 0.6 is 11.6 Å². The predicted molar refractivity (Wildman–Crippen MR) is 100 cm³/mol. The first-order valence-electron chi connectivity index (χ1n) is 8.47. The Bertz CT molecular complexity index is 1190. The number of hydrogen-bond acceptors (Lipinski definition) is 3. The van der Waals surface area contributed by atoms with Crippen molar-refractivity contribution in [2.24, 2.45) is 0 Å². The fourth-order valence-electron chi connectivity index (χ4n) is 3.43. The molecule has 2 aromatic carbocycles. The second-order valence-corrected chi connectivity index (χ2v) is 6.96. The molecule has 1 saturated carbocycles. The number of aromatic amines is 1. The molecule has 0 aromatic heterocycles. The Morgan fingerprint density at radius 3 is 2.54 bits per heavy atom. The minimum absolute atomic E-state index is 0.145. The molecule has 0 spiro atoms. The second kappa shape index (κ2) is 5.54. The molecule has 1 fully saturated rings. The van der Waals surface area contributed by atoms with E-state index in [1.807, 2.05) is 24.3 Å². The Kier molecular flexibility index (Phi) is 3.27. The zero-order valence-corrected chi connectivity index (χ0v) is 14.5. The van der Waals surface area contributed by atoms with Crippen LogP contribution in [-0.4, -0.2) is 20.0 Å². The standard InChI is InChI=1S/C20H14ClN3O2/c21-19(25)12-7-9-13(10-8-12)24-20(26)16-17(11-5-6-11)22-15-4-2-1-3-14(15)18(16)23-24/h1-4,7-11,22H,5-6H2. The smallest absolute Gasteiger partial charge is 0.282 e. The van der Waals surface area contributed by atoms with Crippen molar-refractivity contribution in [3.8, 4) is 16.9 Å². The molecule has 2 aromatic rings. The lowest BCUT2D eigenvalue weighted by atomic mass is 10.0. The normalized spacial score (nSPS) is 14.2. The van der Waals surface area contributed by atoms with Gasteiger partial charge >= 0.3 is 0 Å². The molecule has 0 amide bonds. The summed E-state index contributed by atoms with van der Waals surface area (Å²) >= 11 is 5.50. The summed E-state index contributed by atoms with van der Waals surface area (Å²) < 4.78 is 1.40. The number of fused-ring (bicyclic) bond motifs is 3. The third kappa shape index (κ3) is 2.28. The van der Waals surface area contributed by atoms with Crippen molar-refractivity contribution >= 4 is 27.7 Å². The number of nitrogens with zero attached hydrogens (tertiary/aromatic N) is 2. The van der Waals surface area contributed by atoms with E-state index < -0.39 is 5.24 Å². The van der Waals surface area contributed by atoms with Crippen LogP contribution in [0.5, 0.6) is 0 Å². The van der Waals surface area contributed by atoms with Crippen molar-refractivity contribution in [2.45, 2.75) is 18.8 Å². The van der Waals surface area contributed by atoms with E-state index in [1.165, 1.54) is 4.68 Å². The lowest BCUT2D eigenvalue weighted by Crippen LogP contribution is -2.16. The highest BCUT2D eigenvalue weighted by molar-refractivity contribution is 6.67. The highest BCUT2D eigenvalue weighted by Crippen LogP contribution is 2.44. The molecule has 128 valence electrons. The van der Waals surface area contributed by atoms with Crippen molar-refractivity contribution < 1.29 is 4.79 Å². The molecule has 0 unspecified atom stereocenters. The zero-order chi connectivity index (χ0) is 17.8. The number of nitrogens with one attached hydrogen (secondary N) is 1. The van der Waals surface area contributed by atoms with Gasteiger partial charge in [0.05, 0.1) is 11.3 Å². The van der Waals surface area contributed by atoms with E-state index in [-0.39, 0.29) is 5.56 Å². The topological polar surface area (TPSA) is 67.8 Å². The van der Waals surface area contributed by atoms with E-state index in [4.69, 9.17) is 11.6 Å². The average molecular weight is 364 g/mol. The number of hydrogen-bond donors (Lipinski definition) is 1. The Balaban J connectivity index is 1.79. The molecule has 1 N–H and O–H groups in total. The predicted octanol–water partition coefficient (Wildman–Crippen LogP) is 4.08. The first kappa shape index (κ1) is 15.3. The largest absolute Gasteiger partial charge is 0.357 e. The Morgan fingerprint density at radius 1 is 1.12 bits per heavy atom. The Hall–Kier alpha value is -2.92. The maximum absolute atomic E-state index is 13.1. The van der Waals surface area contributed by atoms with E-state index in [2.05, 4.69) is 10.1 Å². The molecule has 2 heterocycles. The highest BCUT2D eigenvalue weighted by Gasteiger charge is 2.32. The number of halogens is 1. The molecule has 0 atom stereocenters. The monoisotopic (exact) mass is 363 g/mol. The maximum Gasteiger partial charge on any atom is 0.282 e. The van der Waals surface area contributed by atoms with Gasteiger partial charge in [0.1, 0.15) is 5.69 Å². The van der Waals surface area contributed by atoms with E-state index >= 15 is 0 Å². The van der Waals surface area contributed by atoms with Crippen LogP contribution in [-0.2, 0) is 0 Å². The fourth-order valence-corrected chi connectivity index (χ4v) is 3.55. The summed E-state index contributed by atoms with van der Waals surface area (Å²) in [5.74, 6) is 0.392. The quantitative estimate of drug-likeness (QED) is 0.558. The van der Waals surface area contributed by atoms with Crippen molar-refractivity contribution in [3.63, 3.8) is 0 Å². The summed E-state index contributed by atoms with van der Waals surface area (Å²) in [5, 5.41) is 5.02. The molecular weight excluding hydrogens is 350 g/mol. The van der Waals surface area contributed by atoms with E-state index in [1.54, 1.807) is 24.3 Å². The molecule has 0 bridgehead atoms. The average Bonchev–Trinajstić information content (AvgIpc) is 3.45. The van der Waals surface area contributed by atoms with Gasteiger partial charge in [0.25, 0.3) is 10.8 Å². The number of carbonyl (C=O) groups is 1. The third-order valence-electron chi connectivity index (χ3n) is 4.89. The van der Waals surface area contributed by atoms with Crippen LogP contribution in [0.15, 0.2) is 53.3 Å². The molecule has 1 aliphatic carbocycles. The van der Waals surface area contributed by atoms with Crippen LogP contribution in [0.1, 0.15) is 34.8 Å². The first-order valence-corrected chi connectivity index (χ1v) is 8.85. The van der Waals surface area contributed by atoms with Gasteiger partial charge in [-0.2, -0.15) is 9.78 Å². The highest BCUT2D eigenvalue weighted by atomic mass is 35.5. The number of carbonyl (C=O) groups excluding carboxylic acids is 1. The molecule has 3 aliphatic rings. The van der Waals surface area contributed by atoms with Crippen LogP contribution < -0.4 is 5.56 Å². The fraction of sp³-hybridized carbons (Fsp3) is 0.150. The Morgan fingerprint density at radius 2 is 1.85 bits per heavy atom. The summed E-state index contributed by atoms with van der Waals surface area (Å²) in [6.45, 7) is 0. The summed E-state index contributed by atoms with van der Waals surface area (Å²) in [7, 11) is 0. The lowest BCUT2D eigenvalue weighted by molar-refractivity contribution is 0.108. The van der Waals surface area contributed by atoms with Crippen LogP contribution in [0.3, 0.4) is 0 Å². The number of H-pyrrole nitrogens is 1. The first-order chi connectivity index (χ1) is 12.6. The zero-order valence-electron chi connectivity index (χ0n) is 13.7. The SMILES string of the molecule is O=C(Cl)c1ccc(-n2nc3c4ccccc4[nH]c(C4CC4)c-3c2=O)cc1. The molecule has 5 rings (SSSR count). The summed E-state index contributed by atoms with van der Waals surface area (Å²) in [6.07, 6.45) is 2.17. The van der Waals surface area contributed by atoms with Gasteiger partial charge in [-0.3, -0.25) is 9.59 Å². The number of para-hydroxylation sites is 1. The van der Waals surface area contributed by atoms with Gasteiger partial charge in [0.15, 0.2) is 0 Å². The molecule has 26 heavy (non-hydrogen) atoms. The molecule has 2 aliphatic heterocycles. The van der Waals surface area contributed by atoms with E-state index in [0.717, 1.165) is 29.4 Å². The van der Waals surface area contributed by atoms with Gasteiger partial charge in [-0.25, -0.2) is 0 Å². The minimum Gasteiger partial charge on any atom is -0.357 e. The number of rotatable bonds is 3. The molecule has 6 heteroatoms. The molecule has 5 nitrogen and oxygen atoms in total. The second-order valence-electron chi connectivity index (χ2n) is 6.62. The van der Waals surface area contributed by atoms with Gasteiger partial charge in [-0.15, -0.1) is 0 Å². The summed E-state index contributed by atoms with van der Waals surface area (Å²) in [4.78, 5) is 27.8. The number of benzene rings is 2. The van der Waals surface area contributed by atoms with E-state index in [9.17, 15) is 9.59 Å². The number of aromatic nitrogens is 3. The molecule has 0 saturated heterocycles. The maximum atomic E-state index is 13.1. The van der Waals surface area contributed by atoms with E-state index in [0.29, 0.717) is 28.4 Å². The van der Waals surface area contributed by atoms with Crippen LogP contribution in [0.25, 0.3) is 27.8 Å². The summed E-state index contributed by atoms with van der Waals surface area (Å²) in [5.41, 5.74) is 4.18. The van der Waals surface area contributed by atoms with Gasteiger partial charge in [0, 0.05) is 22.2 Å². The van der Waals surface area contributed by atoms with Crippen molar-refractivity contribution in [3.05, 3.63) is 70.1 Å². The van der Waals surface area contributed by atoms with Gasteiger partial charge in [-0.05, 0) is 60.7 Å². The summed E-state index contributed by atoms with van der Waals surface area (Å²) in [6, 6.07) is 14.5. The van der Waals surface area contributed by atoms with Gasteiger partial charge < -0.3 is 4.98 Å². The van der Waals surface area contributed by atoms with Crippen molar-refractivity contribution in [1.82, 2.24) is 14.8 Å². The Labute approximate surface area is 153 Å². The van der Waals surface area contributed by atoms with Gasteiger partial charge in [0.2, 0.25) is 0 Å². The lowest BCUT2D eigenvalue weighted by Gasteiger charge is -2.08. The van der Waals surface area contributed by atoms with Crippen LogP contribution in [0, 0.1) is 0 Å². The molecular formula is C20H14ClN3O2. The van der Waals surface area contributed by atoms with Gasteiger partial charge in [-0.1, -0.05) is 18.2 Å². The third-order valence-corrected chi connectivity index (χ3v) is 5.11. The minimum atomic E-state index is -0.527. The van der Waals surface area contributed by atoms with Crippen LogP contribution in [0.4, 0.5) is 0 Å². The van der Waals surface area contributed by atoms with Crippen molar-refractivity contribution in [2.75, 3.05) is 0 Å². The number of pyridine rings is 1.